The molecule has 4 heteroatoms. The van der Waals surface area contributed by atoms with E-state index < -0.39 is 0 Å². The fourth-order valence-electron chi connectivity index (χ4n) is 3.79. The van der Waals surface area contributed by atoms with Crippen LogP contribution in [-0.2, 0) is 0 Å². The van der Waals surface area contributed by atoms with Gasteiger partial charge >= 0.3 is 0 Å². The molecule has 20 heavy (non-hydrogen) atoms. The largest absolute Gasteiger partial charge is 0.398 e. The first kappa shape index (κ1) is 13.4. The summed E-state index contributed by atoms with van der Waals surface area (Å²) in [5.41, 5.74) is 7.99. The molecule has 1 aliphatic heterocycles. The van der Waals surface area contributed by atoms with Crippen LogP contribution >= 0.6 is 0 Å². The van der Waals surface area contributed by atoms with E-state index >= 15 is 0 Å². The average Bonchev–Trinajstić information content (AvgIpc) is 2.46. The van der Waals surface area contributed by atoms with E-state index in [1.54, 1.807) is 12.3 Å². The zero-order valence-electron chi connectivity index (χ0n) is 12.1. The number of hydrogen-bond donors (Lipinski definition) is 1. The van der Waals surface area contributed by atoms with E-state index in [-0.39, 0.29) is 5.91 Å². The number of aromatic nitrogens is 1. The van der Waals surface area contributed by atoms with Crippen LogP contribution in [0.2, 0.25) is 0 Å². The molecule has 2 aliphatic rings. The molecule has 1 aromatic rings. The average molecular weight is 273 g/mol. The van der Waals surface area contributed by atoms with Gasteiger partial charge in [-0.2, -0.15) is 0 Å². The lowest BCUT2D eigenvalue weighted by molar-refractivity contribution is 0.0391. The molecule has 4 nitrogen and oxygen atoms in total. The Kier molecular flexibility index (Phi) is 3.64. The minimum absolute atomic E-state index is 0.0756. The second kappa shape index (κ2) is 5.43. The Morgan fingerprint density at radius 2 is 2.05 bits per heavy atom. The van der Waals surface area contributed by atoms with Crippen LogP contribution in [0.25, 0.3) is 0 Å². The minimum Gasteiger partial charge on any atom is -0.398 e. The Balaban J connectivity index is 1.85. The van der Waals surface area contributed by atoms with Gasteiger partial charge in [0.1, 0.15) is 0 Å². The number of likely N-dealkylation sites (tertiary alicyclic amines) is 1. The number of amides is 1. The maximum Gasteiger partial charge on any atom is 0.257 e. The molecule has 2 atom stereocenters. The lowest BCUT2D eigenvalue weighted by atomic mass is 9.78. The van der Waals surface area contributed by atoms with Crippen LogP contribution in [0.3, 0.4) is 0 Å². The molecule has 2 heterocycles. The molecule has 2 fully saturated rings. The number of aryl methyl sites for hydroxylation is 1. The molecule has 108 valence electrons. The Morgan fingerprint density at radius 3 is 2.85 bits per heavy atom. The summed E-state index contributed by atoms with van der Waals surface area (Å²) in [7, 11) is 0. The highest BCUT2D eigenvalue weighted by Crippen LogP contribution is 2.36. The highest BCUT2D eigenvalue weighted by atomic mass is 16.2. The summed E-state index contributed by atoms with van der Waals surface area (Å²) < 4.78 is 0. The van der Waals surface area contributed by atoms with Crippen molar-refractivity contribution >= 4 is 11.6 Å². The molecule has 0 bridgehead atoms. The van der Waals surface area contributed by atoms with Gasteiger partial charge in [0.05, 0.1) is 5.56 Å². The van der Waals surface area contributed by atoms with Gasteiger partial charge in [0.2, 0.25) is 0 Å². The standard InChI is InChI=1S/C16H23N3O/c1-11-9-14(17)13(10-18-11)16(20)19-8-4-6-12-5-2-3-7-15(12)19/h9-10,12,15H,2-8H2,1H3,(H2,17,18). The first-order valence-electron chi connectivity index (χ1n) is 7.70. The van der Waals surface area contributed by atoms with Crippen LogP contribution in [0, 0.1) is 12.8 Å². The van der Waals surface area contributed by atoms with E-state index in [4.69, 9.17) is 5.73 Å². The van der Waals surface area contributed by atoms with Crippen molar-refractivity contribution < 1.29 is 4.79 Å². The minimum atomic E-state index is 0.0756. The second-order valence-electron chi connectivity index (χ2n) is 6.17. The quantitative estimate of drug-likeness (QED) is 0.856. The summed E-state index contributed by atoms with van der Waals surface area (Å²) >= 11 is 0. The third-order valence-electron chi connectivity index (χ3n) is 4.81. The molecule has 2 unspecified atom stereocenters. The van der Waals surface area contributed by atoms with Gasteiger partial charge in [0.15, 0.2) is 0 Å². The smallest absolute Gasteiger partial charge is 0.257 e. The first-order valence-corrected chi connectivity index (χ1v) is 7.70. The third kappa shape index (κ3) is 2.39. The van der Waals surface area contributed by atoms with Crippen LogP contribution in [0.5, 0.6) is 0 Å². The van der Waals surface area contributed by atoms with E-state index in [9.17, 15) is 4.79 Å². The molecule has 0 radical (unpaired) electrons. The van der Waals surface area contributed by atoms with Crippen molar-refractivity contribution in [3.8, 4) is 0 Å². The molecular formula is C16H23N3O. The van der Waals surface area contributed by atoms with E-state index in [0.717, 1.165) is 25.1 Å². The highest BCUT2D eigenvalue weighted by molar-refractivity contribution is 5.99. The Labute approximate surface area is 120 Å². The molecule has 1 amide bonds. The van der Waals surface area contributed by atoms with E-state index in [1.807, 2.05) is 6.92 Å². The number of nitrogens with zero attached hydrogens (tertiary/aromatic N) is 2. The maximum atomic E-state index is 12.8. The molecule has 3 rings (SSSR count). The topological polar surface area (TPSA) is 59.2 Å². The van der Waals surface area contributed by atoms with Crippen molar-refractivity contribution in [2.24, 2.45) is 5.92 Å². The number of anilines is 1. The second-order valence-corrected chi connectivity index (χ2v) is 6.17. The molecule has 0 aromatic carbocycles. The van der Waals surface area contributed by atoms with Crippen molar-refractivity contribution in [1.29, 1.82) is 0 Å². The van der Waals surface area contributed by atoms with Crippen LogP contribution in [0.1, 0.15) is 54.6 Å². The fourth-order valence-corrected chi connectivity index (χ4v) is 3.79. The number of hydrogen-bond acceptors (Lipinski definition) is 3. The van der Waals surface area contributed by atoms with E-state index in [0.29, 0.717) is 23.2 Å². The summed E-state index contributed by atoms with van der Waals surface area (Å²) in [6.07, 6.45) is 9.01. The van der Waals surface area contributed by atoms with Crippen LogP contribution in [-0.4, -0.2) is 28.4 Å². The molecule has 2 N–H and O–H groups in total. The highest BCUT2D eigenvalue weighted by Gasteiger charge is 2.36. The van der Waals surface area contributed by atoms with Gasteiger partial charge in [-0.3, -0.25) is 9.78 Å². The molecular weight excluding hydrogens is 250 g/mol. The summed E-state index contributed by atoms with van der Waals surface area (Å²) in [6.45, 7) is 2.76. The van der Waals surface area contributed by atoms with Crippen molar-refractivity contribution in [3.63, 3.8) is 0 Å². The normalized spacial score (nSPS) is 26.1. The molecule has 1 aromatic heterocycles. The molecule has 1 saturated heterocycles. The number of carbonyl (C=O) groups excluding carboxylic acids is 1. The van der Waals surface area contributed by atoms with Gasteiger partial charge in [-0.25, -0.2) is 0 Å². The summed E-state index contributed by atoms with van der Waals surface area (Å²) in [6, 6.07) is 2.21. The molecule has 1 aliphatic carbocycles. The SMILES string of the molecule is Cc1cc(N)c(C(=O)N2CCCC3CCCCC32)cn1. The van der Waals surface area contributed by atoms with Gasteiger partial charge in [-0.05, 0) is 44.6 Å². The zero-order valence-corrected chi connectivity index (χ0v) is 12.1. The number of nitrogens with two attached hydrogens (primary N) is 1. The lowest BCUT2D eigenvalue weighted by Gasteiger charge is -2.44. The number of nitrogen functional groups attached to an aromatic ring is 1. The van der Waals surface area contributed by atoms with Crippen LogP contribution in [0.15, 0.2) is 12.3 Å². The third-order valence-corrected chi connectivity index (χ3v) is 4.81. The number of fused-ring (bicyclic) bond motifs is 1. The Morgan fingerprint density at radius 1 is 1.30 bits per heavy atom. The van der Waals surface area contributed by atoms with Gasteiger partial charge in [-0.1, -0.05) is 12.8 Å². The number of piperidine rings is 1. The molecule has 0 spiro atoms. The Bertz CT molecular complexity index is 512. The predicted molar refractivity (Wildman–Crippen MR) is 79.4 cm³/mol. The first-order chi connectivity index (χ1) is 9.66. The monoisotopic (exact) mass is 273 g/mol. The fraction of sp³-hybridized carbons (Fsp3) is 0.625. The van der Waals surface area contributed by atoms with Gasteiger partial charge in [0.25, 0.3) is 5.91 Å². The summed E-state index contributed by atoms with van der Waals surface area (Å²) in [5.74, 6) is 0.771. The van der Waals surface area contributed by atoms with Gasteiger partial charge in [0, 0.05) is 30.2 Å². The number of rotatable bonds is 1. The maximum absolute atomic E-state index is 12.8. The van der Waals surface area contributed by atoms with Crippen LogP contribution in [0.4, 0.5) is 5.69 Å². The van der Waals surface area contributed by atoms with E-state index in [2.05, 4.69) is 9.88 Å². The number of carbonyl (C=O) groups is 1. The Hall–Kier alpha value is -1.58. The van der Waals surface area contributed by atoms with E-state index in [1.165, 1.54) is 25.7 Å². The summed E-state index contributed by atoms with van der Waals surface area (Å²) in [5, 5.41) is 0. The van der Waals surface area contributed by atoms with Gasteiger partial charge in [-0.15, -0.1) is 0 Å². The van der Waals surface area contributed by atoms with Crippen molar-refractivity contribution in [3.05, 3.63) is 23.5 Å². The summed E-state index contributed by atoms with van der Waals surface area (Å²) in [4.78, 5) is 19.1. The van der Waals surface area contributed by atoms with Crippen molar-refractivity contribution in [2.45, 2.75) is 51.5 Å². The number of pyridine rings is 1. The zero-order chi connectivity index (χ0) is 14.1. The lowest BCUT2D eigenvalue weighted by Crippen LogP contribution is -2.49. The predicted octanol–water partition coefficient (Wildman–Crippen LogP) is 2.77. The van der Waals surface area contributed by atoms with Crippen molar-refractivity contribution in [2.75, 3.05) is 12.3 Å². The molecule has 1 saturated carbocycles. The van der Waals surface area contributed by atoms with Crippen molar-refractivity contribution in [1.82, 2.24) is 9.88 Å². The van der Waals surface area contributed by atoms with Gasteiger partial charge < -0.3 is 10.6 Å². The van der Waals surface area contributed by atoms with Crippen LogP contribution < -0.4 is 5.73 Å².